The first-order valence-electron chi connectivity index (χ1n) is 7.33. The van der Waals surface area contributed by atoms with Gasteiger partial charge < -0.3 is 20.1 Å². The van der Waals surface area contributed by atoms with Crippen LogP contribution in [0, 0.1) is 5.82 Å². The Balaban J connectivity index is 1.74. The third-order valence-electron chi connectivity index (χ3n) is 4.08. The van der Waals surface area contributed by atoms with E-state index in [-0.39, 0.29) is 31.2 Å². The molecule has 1 amide bonds. The molecule has 7 heteroatoms. The molecule has 6 nitrogen and oxygen atoms in total. The number of hydrogen-bond donors (Lipinski definition) is 3. The molecule has 23 heavy (non-hydrogen) atoms. The number of aromatic amines is 1. The van der Waals surface area contributed by atoms with Crippen LogP contribution in [0.2, 0.25) is 0 Å². The second kappa shape index (κ2) is 6.00. The lowest BCUT2D eigenvalue weighted by Gasteiger charge is -2.27. The van der Waals surface area contributed by atoms with Crippen LogP contribution in [0.4, 0.5) is 4.39 Å². The number of amides is 1. The first-order chi connectivity index (χ1) is 11.0. The van der Waals surface area contributed by atoms with E-state index < -0.39 is 11.5 Å². The molecule has 1 atom stereocenters. The highest BCUT2D eigenvalue weighted by Crippen LogP contribution is 2.24. The summed E-state index contributed by atoms with van der Waals surface area (Å²) in [4.78, 5) is 26.3. The first-order valence-corrected chi connectivity index (χ1v) is 7.33. The number of aliphatic carboxylic acids is 1. The quantitative estimate of drug-likeness (QED) is 0.780. The number of rotatable bonds is 5. The summed E-state index contributed by atoms with van der Waals surface area (Å²) in [5.41, 5.74) is 0.514. The molecule has 122 valence electrons. The Kier molecular flexibility index (Phi) is 4.04. The number of carboxylic acids is 1. The number of ether oxygens (including phenoxy) is 1. The minimum absolute atomic E-state index is 0.0903. The summed E-state index contributed by atoms with van der Waals surface area (Å²) >= 11 is 0. The van der Waals surface area contributed by atoms with E-state index in [1.807, 2.05) is 0 Å². The lowest BCUT2D eigenvalue weighted by atomic mass is 9.94. The molecule has 1 aromatic heterocycles. The number of carbonyl (C=O) groups is 2. The summed E-state index contributed by atoms with van der Waals surface area (Å²) in [6, 6.07) is 4.33. The number of benzene rings is 1. The van der Waals surface area contributed by atoms with E-state index in [1.165, 1.54) is 12.1 Å². The van der Waals surface area contributed by atoms with Crippen molar-refractivity contribution in [3.8, 4) is 0 Å². The molecule has 1 aliphatic heterocycles. The fourth-order valence-electron chi connectivity index (χ4n) is 3.00. The van der Waals surface area contributed by atoms with Crippen molar-refractivity contribution in [2.45, 2.75) is 24.8 Å². The average molecular weight is 320 g/mol. The van der Waals surface area contributed by atoms with Gasteiger partial charge in [-0.05, 0) is 30.2 Å². The molecule has 1 aliphatic rings. The van der Waals surface area contributed by atoms with Gasteiger partial charge >= 0.3 is 5.97 Å². The van der Waals surface area contributed by atoms with E-state index in [2.05, 4.69) is 10.3 Å². The minimum atomic E-state index is -0.974. The average Bonchev–Trinajstić information content (AvgIpc) is 3.05. The van der Waals surface area contributed by atoms with Gasteiger partial charge in [0.05, 0.1) is 25.0 Å². The molecule has 0 spiro atoms. The van der Waals surface area contributed by atoms with Gasteiger partial charge in [-0.25, -0.2) is 4.39 Å². The van der Waals surface area contributed by atoms with Gasteiger partial charge in [0, 0.05) is 23.7 Å². The van der Waals surface area contributed by atoms with Gasteiger partial charge in [0.1, 0.15) is 5.82 Å². The van der Waals surface area contributed by atoms with E-state index in [9.17, 15) is 14.0 Å². The number of nitrogens with one attached hydrogen (secondary N) is 2. The van der Waals surface area contributed by atoms with Crippen molar-refractivity contribution in [1.82, 2.24) is 10.3 Å². The lowest BCUT2D eigenvalue weighted by Crippen LogP contribution is -2.51. The van der Waals surface area contributed by atoms with E-state index in [1.54, 1.807) is 12.3 Å². The highest BCUT2D eigenvalue weighted by atomic mass is 19.1. The summed E-state index contributed by atoms with van der Waals surface area (Å²) in [7, 11) is 0. The Morgan fingerprint density at radius 1 is 1.43 bits per heavy atom. The van der Waals surface area contributed by atoms with Gasteiger partial charge in [-0.1, -0.05) is 0 Å². The molecule has 2 heterocycles. The standard InChI is InChI=1S/C16H17FN2O4/c17-11-1-2-12-10(8-18-13(12)6-11)5-14(20)19-16(7-15(21)22)3-4-23-9-16/h1-2,6,8,18H,3-5,7,9H2,(H,19,20)(H,21,22). The van der Waals surface area contributed by atoms with Gasteiger partial charge in [0.2, 0.25) is 5.91 Å². The molecule has 1 fully saturated rings. The van der Waals surface area contributed by atoms with Crippen molar-refractivity contribution >= 4 is 22.8 Å². The summed E-state index contributed by atoms with van der Waals surface area (Å²) in [5, 5.41) is 12.6. The predicted molar refractivity (Wildman–Crippen MR) is 80.5 cm³/mol. The van der Waals surface area contributed by atoms with E-state index in [4.69, 9.17) is 9.84 Å². The maximum Gasteiger partial charge on any atom is 0.305 e. The predicted octanol–water partition coefficient (Wildman–Crippen LogP) is 1.60. The van der Waals surface area contributed by atoms with Crippen molar-refractivity contribution in [2.75, 3.05) is 13.2 Å². The molecule has 0 bridgehead atoms. The van der Waals surface area contributed by atoms with Gasteiger partial charge in [0.15, 0.2) is 0 Å². The van der Waals surface area contributed by atoms with Crippen LogP contribution in [-0.4, -0.2) is 40.7 Å². The topological polar surface area (TPSA) is 91.4 Å². The fourth-order valence-corrected chi connectivity index (χ4v) is 3.00. The monoisotopic (exact) mass is 320 g/mol. The van der Waals surface area contributed by atoms with Crippen LogP contribution in [0.5, 0.6) is 0 Å². The van der Waals surface area contributed by atoms with E-state index in [0.717, 1.165) is 10.9 Å². The maximum absolute atomic E-state index is 13.2. The minimum Gasteiger partial charge on any atom is -0.481 e. The maximum atomic E-state index is 13.2. The zero-order valence-corrected chi connectivity index (χ0v) is 12.4. The SMILES string of the molecule is O=C(O)CC1(NC(=O)Cc2c[nH]c3cc(F)ccc23)CCOC1. The molecular formula is C16H17FN2O4. The zero-order chi connectivity index (χ0) is 16.4. The molecule has 1 unspecified atom stereocenters. The van der Waals surface area contributed by atoms with Gasteiger partial charge in [-0.15, -0.1) is 0 Å². The molecule has 0 radical (unpaired) electrons. The number of carboxylic acid groups (broad SMARTS) is 1. The van der Waals surface area contributed by atoms with Crippen LogP contribution in [0.25, 0.3) is 10.9 Å². The second-order valence-corrected chi connectivity index (χ2v) is 5.88. The number of carbonyl (C=O) groups excluding carboxylic acids is 1. The van der Waals surface area contributed by atoms with Crippen LogP contribution < -0.4 is 5.32 Å². The number of aromatic nitrogens is 1. The van der Waals surface area contributed by atoms with Gasteiger partial charge in [-0.2, -0.15) is 0 Å². The Hall–Kier alpha value is -2.41. The molecule has 3 N–H and O–H groups in total. The molecular weight excluding hydrogens is 303 g/mol. The number of H-pyrrole nitrogens is 1. The van der Waals surface area contributed by atoms with Crippen LogP contribution in [0.3, 0.4) is 0 Å². The van der Waals surface area contributed by atoms with Crippen LogP contribution in [0.15, 0.2) is 24.4 Å². The summed E-state index contributed by atoms with van der Waals surface area (Å²) < 4.78 is 18.4. The van der Waals surface area contributed by atoms with Crippen molar-refractivity contribution in [1.29, 1.82) is 0 Å². The summed E-state index contributed by atoms with van der Waals surface area (Å²) in [6.45, 7) is 0.629. The molecule has 0 saturated carbocycles. The highest BCUT2D eigenvalue weighted by molar-refractivity contribution is 5.89. The van der Waals surface area contributed by atoms with Crippen molar-refractivity contribution in [3.05, 3.63) is 35.8 Å². The molecule has 0 aliphatic carbocycles. The first kappa shape index (κ1) is 15.5. The fraction of sp³-hybridized carbons (Fsp3) is 0.375. The highest BCUT2D eigenvalue weighted by Gasteiger charge is 2.38. The molecule has 2 aromatic rings. The zero-order valence-electron chi connectivity index (χ0n) is 12.4. The smallest absolute Gasteiger partial charge is 0.305 e. The normalized spacial score (nSPS) is 20.7. The second-order valence-electron chi connectivity index (χ2n) is 5.88. The van der Waals surface area contributed by atoms with Gasteiger partial charge in [-0.3, -0.25) is 9.59 Å². The Bertz CT molecular complexity index is 750. The largest absolute Gasteiger partial charge is 0.481 e. The number of halogens is 1. The summed E-state index contributed by atoms with van der Waals surface area (Å²) in [6.07, 6.45) is 2.06. The third-order valence-corrected chi connectivity index (χ3v) is 4.08. The summed E-state index contributed by atoms with van der Waals surface area (Å²) in [5.74, 6) is -1.60. The lowest BCUT2D eigenvalue weighted by molar-refractivity contribution is -0.139. The van der Waals surface area contributed by atoms with Crippen molar-refractivity contribution < 1.29 is 23.8 Å². The molecule has 3 rings (SSSR count). The molecule has 1 aromatic carbocycles. The Morgan fingerprint density at radius 2 is 2.26 bits per heavy atom. The van der Waals surface area contributed by atoms with E-state index >= 15 is 0 Å². The van der Waals surface area contributed by atoms with Crippen molar-refractivity contribution in [3.63, 3.8) is 0 Å². The van der Waals surface area contributed by atoms with Crippen molar-refractivity contribution in [2.24, 2.45) is 0 Å². The third kappa shape index (κ3) is 3.34. The van der Waals surface area contributed by atoms with Crippen LogP contribution >= 0.6 is 0 Å². The molecule has 1 saturated heterocycles. The van der Waals surface area contributed by atoms with E-state index in [0.29, 0.717) is 18.5 Å². The Labute approximate surface area is 131 Å². The van der Waals surface area contributed by atoms with Gasteiger partial charge in [0.25, 0.3) is 0 Å². The van der Waals surface area contributed by atoms with Crippen LogP contribution in [0.1, 0.15) is 18.4 Å². The Morgan fingerprint density at radius 3 is 2.96 bits per heavy atom. The number of hydrogen-bond acceptors (Lipinski definition) is 3. The number of fused-ring (bicyclic) bond motifs is 1. The van der Waals surface area contributed by atoms with Crippen LogP contribution in [-0.2, 0) is 20.7 Å².